The Morgan fingerprint density at radius 1 is 1.59 bits per heavy atom. The monoisotopic (exact) mass is 249 g/mol. The van der Waals surface area contributed by atoms with E-state index in [1.165, 1.54) is 10.9 Å². The smallest absolute Gasteiger partial charge is 0.318 e. The van der Waals surface area contributed by atoms with Gasteiger partial charge in [0.1, 0.15) is 0 Å². The molecule has 0 amide bonds. The van der Waals surface area contributed by atoms with Crippen LogP contribution in [-0.4, -0.2) is 21.7 Å². The van der Waals surface area contributed by atoms with Crippen LogP contribution in [-0.2, 0) is 11.8 Å². The van der Waals surface area contributed by atoms with Crippen LogP contribution in [0.25, 0.3) is 0 Å². The standard InChI is InChI=1S/C10H14F3N3O/c1-16-6-7(5-15-16)9(14)8(17)3-2-4-10(11,12)13/h5-6,9H,2-4,14H2,1H3. The Morgan fingerprint density at radius 2 is 2.24 bits per heavy atom. The fraction of sp³-hybridized carbons (Fsp3) is 0.600. The minimum atomic E-state index is -4.22. The van der Waals surface area contributed by atoms with Gasteiger partial charge in [-0.25, -0.2) is 0 Å². The number of hydrogen-bond donors (Lipinski definition) is 1. The normalized spacial score (nSPS) is 13.7. The quantitative estimate of drug-likeness (QED) is 0.864. The van der Waals surface area contributed by atoms with Gasteiger partial charge < -0.3 is 5.73 Å². The summed E-state index contributed by atoms with van der Waals surface area (Å²) in [6, 6.07) is -0.892. The van der Waals surface area contributed by atoms with Crippen LogP contribution < -0.4 is 5.73 Å². The number of nitrogens with zero attached hydrogens (tertiary/aromatic N) is 2. The molecule has 0 saturated heterocycles. The highest BCUT2D eigenvalue weighted by Gasteiger charge is 2.27. The molecule has 0 spiro atoms. The molecule has 4 nitrogen and oxygen atoms in total. The van der Waals surface area contributed by atoms with Crippen molar-refractivity contribution in [2.45, 2.75) is 31.5 Å². The summed E-state index contributed by atoms with van der Waals surface area (Å²) in [6.07, 6.45) is -2.57. The van der Waals surface area contributed by atoms with Crippen LogP contribution in [0.5, 0.6) is 0 Å². The van der Waals surface area contributed by atoms with Gasteiger partial charge in [0.05, 0.1) is 12.2 Å². The molecular weight excluding hydrogens is 235 g/mol. The van der Waals surface area contributed by atoms with Gasteiger partial charge in [-0.05, 0) is 6.42 Å². The molecule has 1 atom stereocenters. The average Bonchev–Trinajstić information content (AvgIpc) is 2.61. The Hall–Kier alpha value is -1.37. The van der Waals surface area contributed by atoms with Crippen LogP contribution in [0.4, 0.5) is 13.2 Å². The van der Waals surface area contributed by atoms with Gasteiger partial charge in [-0.1, -0.05) is 0 Å². The number of alkyl halides is 3. The maximum atomic E-state index is 11.9. The van der Waals surface area contributed by atoms with Crippen molar-refractivity contribution in [1.29, 1.82) is 0 Å². The molecule has 1 aromatic heterocycles. The molecule has 0 aliphatic carbocycles. The highest BCUT2D eigenvalue weighted by atomic mass is 19.4. The predicted octanol–water partition coefficient (Wildman–Crippen LogP) is 1.72. The van der Waals surface area contributed by atoms with Crippen molar-refractivity contribution in [3.63, 3.8) is 0 Å². The number of carbonyl (C=O) groups is 1. The summed E-state index contributed by atoms with van der Waals surface area (Å²) in [5, 5.41) is 3.84. The minimum absolute atomic E-state index is 0.171. The van der Waals surface area contributed by atoms with E-state index in [0.717, 1.165) is 0 Å². The maximum Gasteiger partial charge on any atom is 0.389 e. The van der Waals surface area contributed by atoms with Crippen molar-refractivity contribution in [2.75, 3.05) is 0 Å². The van der Waals surface area contributed by atoms with E-state index in [-0.39, 0.29) is 12.8 Å². The van der Waals surface area contributed by atoms with Gasteiger partial charge in [0.15, 0.2) is 5.78 Å². The second kappa shape index (κ2) is 5.31. The summed E-state index contributed by atoms with van der Waals surface area (Å²) in [5.41, 5.74) is 6.14. The highest BCUT2D eigenvalue weighted by molar-refractivity contribution is 5.84. The zero-order valence-corrected chi connectivity index (χ0v) is 9.37. The number of rotatable bonds is 5. The van der Waals surface area contributed by atoms with Crippen LogP contribution in [0.2, 0.25) is 0 Å². The van der Waals surface area contributed by atoms with Crippen LogP contribution in [0.15, 0.2) is 12.4 Å². The van der Waals surface area contributed by atoms with E-state index in [0.29, 0.717) is 5.56 Å². The number of aryl methyl sites for hydroxylation is 1. The molecule has 1 unspecified atom stereocenters. The summed E-state index contributed by atoms with van der Waals surface area (Å²) in [4.78, 5) is 11.5. The first-order valence-corrected chi connectivity index (χ1v) is 5.13. The van der Waals surface area contributed by atoms with Crippen LogP contribution in [0.1, 0.15) is 30.9 Å². The lowest BCUT2D eigenvalue weighted by Crippen LogP contribution is -2.21. The third-order valence-corrected chi connectivity index (χ3v) is 2.31. The topological polar surface area (TPSA) is 60.9 Å². The van der Waals surface area contributed by atoms with E-state index in [9.17, 15) is 18.0 Å². The second-order valence-electron chi connectivity index (χ2n) is 3.86. The lowest BCUT2D eigenvalue weighted by atomic mass is 10.0. The molecule has 1 heterocycles. The molecule has 0 aliphatic rings. The average molecular weight is 249 g/mol. The summed E-state index contributed by atoms with van der Waals surface area (Å²) in [7, 11) is 1.67. The molecular formula is C10H14F3N3O. The number of ketones is 1. The van der Waals surface area contributed by atoms with Crippen LogP contribution >= 0.6 is 0 Å². The third-order valence-electron chi connectivity index (χ3n) is 2.31. The van der Waals surface area contributed by atoms with Gasteiger partial charge in [-0.3, -0.25) is 9.48 Å². The largest absolute Gasteiger partial charge is 0.389 e. The molecule has 2 N–H and O–H groups in total. The van der Waals surface area contributed by atoms with E-state index >= 15 is 0 Å². The number of halogens is 3. The Labute approximate surface area is 96.6 Å². The third kappa shape index (κ3) is 4.56. The number of aromatic nitrogens is 2. The van der Waals surface area contributed by atoms with Crippen molar-refractivity contribution in [3.8, 4) is 0 Å². The van der Waals surface area contributed by atoms with Gasteiger partial charge in [0.2, 0.25) is 0 Å². The zero-order valence-electron chi connectivity index (χ0n) is 9.37. The number of hydrogen-bond acceptors (Lipinski definition) is 3. The van der Waals surface area contributed by atoms with Crippen LogP contribution in [0.3, 0.4) is 0 Å². The van der Waals surface area contributed by atoms with Crippen molar-refractivity contribution in [3.05, 3.63) is 18.0 Å². The molecule has 0 fully saturated rings. The number of Topliss-reactive ketones (excluding diaryl/α,β-unsaturated/α-hetero) is 1. The first-order valence-electron chi connectivity index (χ1n) is 5.13. The van der Waals surface area contributed by atoms with Gasteiger partial charge >= 0.3 is 6.18 Å². The van der Waals surface area contributed by atoms with E-state index in [4.69, 9.17) is 5.73 Å². The molecule has 1 rings (SSSR count). The molecule has 0 radical (unpaired) electrons. The molecule has 1 aromatic rings. The molecule has 0 saturated carbocycles. The number of carbonyl (C=O) groups excluding carboxylic acids is 1. The Balaban J connectivity index is 2.43. The molecule has 0 aromatic carbocycles. The van der Waals surface area contributed by atoms with Gasteiger partial charge in [-0.15, -0.1) is 0 Å². The number of nitrogens with two attached hydrogens (primary N) is 1. The van der Waals surface area contributed by atoms with E-state index in [1.807, 2.05) is 0 Å². The molecule has 0 bridgehead atoms. The van der Waals surface area contributed by atoms with Gasteiger partial charge in [-0.2, -0.15) is 18.3 Å². The van der Waals surface area contributed by atoms with E-state index in [2.05, 4.69) is 5.10 Å². The summed E-state index contributed by atoms with van der Waals surface area (Å²) in [6.45, 7) is 0. The SMILES string of the molecule is Cn1cc(C(N)C(=O)CCCC(F)(F)F)cn1. The predicted molar refractivity (Wildman–Crippen MR) is 55.0 cm³/mol. The first kappa shape index (κ1) is 13.7. The van der Waals surface area contributed by atoms with E-state index < -0.39 is 24.4 Å². The molecule has 17 heavy (non-hydrogen) atoms. The van der Waals surface area contributed by atoms with Crippen molar-refractivity contribution in [2.24, 2.45) is 12.8 Å². The molecule has 96 valence electrons. The fourth-order valence-corrected chi connectivity index (χ4v) is 1.41. The Kier molecular flexibility index (Phi) is 4.28. The fourth-order valence-electron chi connectivity index (χ4n) is 1.41. The molecule has 7 heteroatoms. The first-order chi connectivity index (χ1) is 7.79. The van der Waals surface area contributed by atoms with Crippen molar-refractivity contribution >= 4 is 5.78 Å². The van der Waals surface area contributed by atoms with Crippen LogP contribution in [0, 0.1) is 0 Å². The van der Waals surface area contributed by atoms with E-state index in [1.54, 1.807) is 13.2 Å². The summed E-state index contributed by atoms with van der Waals surface area (Å²) >= 11 is 0. The maximum absolute atomic E-state index is 11.9. The lowest BCUT2D eigenvalue weighted by Gasteiger charge is -2.09. The van der Waals surface area contributed by atoms with Gasteiger partial charge in [0.25, 0.3) is 0 Å². The minimum Gasteiger partial charge on any atom is -0.318 e. The Morgan fingerprint density at radius 3 is 2.71 bits per heavy atom. The van der Waals surface area contributed by atoms with Crippen molar-refractivity contribution < 1.29 is 18.0 Å². The highest BCUT2D eigenvalue weighted by Crippen LogP contribution is 2.23. The zero-order chi connectivity index (χ0) is 13.1. The summed E-state index contributed by atoms with van der Waals surface area (Å²) in [5.74, 6) is -0.401. The van der Waals surface area contributed by atoms with Crippen molar-refractivity contribution in [1.82, 2.24) is 9.78 Å². The molecule has 0 aliphatic heterocycles. The Bertz CT molecular complexity index is 386. The summed E-state index contributed by atoms with van der Waals surface area (Å²) < 4.78 is 37.1. The second-order valence-corrected chi connectivity index (χ2v) is 3.86. The van der Waals surface area contributed by atoms with Gasteiger partial charge in [0, 0.05) is 31.6 Å². The lowest BCUT2D eigenvalue weighted by molar-refractivity contribution is -0.137.